The van der Waals surface area contributed by atoms with E-state index in [0.29, 0.717) is 18.3 Å². The third-order valence-electron chi connectivity index (χ3n) is 3.14. The Morgan fingerprint density at radius 3 is 2.55 bits per heavy atom. The molecule has 0 amide bonds. The molecule has 0 saturated carbocycles. The molecule has 1 unspecified atom stereocenters. The topological polar surface area (TPSA) is 61.5 Å². The van der Waals surface area contributed by atoms with Crippen molar-refractivity contribution in [2.24, 2.45) is 5.73 Å². The fourth-order valence-electron chi connectivity index (χ4n) is 1.97. The highest BCUT2D eigenvalue weighted by Crippen LogP contribution is 2.24. The van der Waals surface area contributed by atoms with E-state index in [1.807, 2.05) is 18.2 Å². The van der Waals surface area contributed by atoms with Crippen LogP contribution in [-0.4, -0.2) is 24.7 Å². The molecule has 2 N–H and O–H groups in total. The average molecular weight is 279 g/mol. The number of carbonyl (C=O) groups is 1. The van der Waals surface area contributed by atoms with Crippen LogP contribution in [-0.2, 0) is 9.53 Å². The summed E-state index contributed by atoms with van der Waals surface area (Å²) in [6.45, 7) is 10.1. The van der Waals surface area contributed by atoms with Gasteiger partial charge in [0.2, 0.25) is 0 Å². The van der Waals surface area contributed by atoms with Crippen LogP contribution in [0.5, 0.6) is 5.75 Å². The number of hydrogen-bond acceptors (Lipinski definition) is 4. The highest BCUT2D eigenvalue weighted by atomic mass is 16.5. The van der Waals surface area contributed by atoms with E-state index in [0.717, 1.165) is 0 Å². The predicted octanol–water partition coefficient (Wildman–Crippen LogP) is 2.78. The van der Waals surface area contributed by atoms with Gasteiger partial charge in [0.25, 0.3) is 0 Å². The van der Waals surface area contributed by atoms with Crippen molar-refractivity contribution in [1.29, 1.82) is 0 Å². The molecule has 0 aliphatic heterocycles. The summed E-state index contributed by atoms with van der Waals surface area (Å²) < 4.78 is 10.6. The molecule has 0 bridgehead atoms. The van der Waals surface area contributed by atoms with Crippen molar-refractivity contribution in [2.45, 2.75) is 46.1 Å². The van der Waals surface area contributed by atoms with Crippen LogP contribution in [0.2, 0.25) is 0 Å². The van der Waals surface area contributed by atoms with Crippen molar-refractivity contribution in [3.8, 4) is 5.75 Å². The van der Waals surface area contributed by atoms with Crippen LogP contribution in [0.15, 0.2) is 18.2 Å². The molecule has 0 aromatic heterocycles. The number of esters is 1. The van der Waals surface area contributed by atoms with Crippen molar-refractivity contribution >= 4 is 5.97 Å². The third kappa shape index (κ3) is 4.23. The number of hydrogen-bond donors (Lipinski definition) is 1. The van der Waals surface area contributed by atoms with E-state index in [4.69, 9.17) is 15.2 Å². The maximum atomic E-state index is 11.7. The van der Waals surface area contributed by atoms with Crippen molar-refractivity contribution in [3.05, 3.63) is 29.3 Å². The second-order valence-electron chi connectivity index (χ2n) is 5.60. The van der Waals surface area contributed by atoms with E-state index in [1.54, 1.807) is 13.8 Å². The Balaban J connectivity index is 2.71. The molecule has 0 aliphatic rings. The zero-order valence-corrected chi connectivity index (χ0v) is 13.0. The van der Waals surface area contributed by atoms with Gasteiger partial charge in [-0.1, -0.05) is 19.9 Å². The van der Waals surface area contributed by atoms with Gasteiger partial charge in [0.05, 0.1) is 6.61 Å². The Kier molecular flexibility index (Phi) is 5.57. The zero-order chi connectivity index (χ0) is 15.3. The minimum Gasteiger partial charge on any atom is -0.491 e. The lowest BCUT2D eigenvalue weighted by Gasteiger charge is -2.22. The minimum atomic E-state index is -1.14. The molecule has 112 valence electrons. The Labute approximate surface area is 121 Å². The van der Waals surface area contributed by atoms with Gasteiger partial charge < -0.3 is 15.2 Å². The quantitative estimate of drug-likeness (QED) is 0.813. The molecule has 1 rings (SSSR count). The predicted molar refractivity (Wildman–Crippen MR) is 80.0 cm³/mol. The van der Waals surface area contributed by atoms with Crippen molar-refractivity contribution in [1.82, 2.24) is 0 Å². The maximum absolute atomic E-state index is 11.7. The Morgan fingerprint density at radius 1 is 1.40 bits per heavy atom. The highest BCUT2D eigenvalue weighted by molar-refractivity contribution is 5.80. The maximum Gasteiger partial charge on any atom is 0.329 e. The molecular formula is C16H25NO3. The number of ether oxygens (including phenoxy) is 2. The summed E-state index contributed by atoms with van der Waals surface area (Å²) in [5.74, 6) is 0.742. The molecule has 1 aromatic rings. The van der Waals surface area contributed by atoms with Gasteiger partial charge in [0, 0.05) is 0 Å². The van der Waals surface area contributed by atoms with Gasteiger partial charge >= 0.3 is 5.97 Å². The van der Waals surface area contributed by atoms with Gasteiger partial charge in [-0.3, -0.25) is 0 Å². The lowest BCUT2D eigenvalue weighted by Crippen LogP contribution is -2.51. The monoisotopic (exact) mass is 279 g/mol. The van der Waals surface area contributed by atoms with Crippen molar-refractivity contribution in [3.63, 3.8) is 0 Å². The van der Waals surface area contributed by atoms with Gasteiger partial charge in [0.15, 0.2) is 0 Å². The molecule has 0 radical (unpaired) electrons. The van der Waals surface area contributed by atoms with E-state index >= 15 is 0 Å². The van der Waals surface area contributed by atoms with E-state index < -0.39 is 11.5 Å². The molecule has 4 heteroatoms. The lowest BCUT2D eigenvalue weighted by molar-refractivity contribution is -0.150. The fraction of sp³-hybridized carbons (Fsp3) is 0.562. The Morgan fingerprint density at radius 2 is 2.05 bits per heavy atom. The van der Waals surface area contributed by atoms with Gasteiger partial charge in [-0.15, -0.1) is 0 Å². The van der Waals surface area contributed by atoms with Gasteiger partial charge in [-0.25, -0.2) is 4.79 Å². The van der Waals surface area contributed by atoms with E-state index in [-0.39, 0.29) is 6.61 Å². The van der Waals surface area contributed by atoms with Crippen molar-refractivity contribution in [2.75, 3.05) is 13.2 Å². The van der Waals surface area contributed by atoms with E-state index in [2.05, 4.69) is 20.8 Å². The SMILES string of the molecule is CCOC(=O)C(C)(N)COc1ccc(C(C)C)c(C)c1. The number of carbonyl (C=O) groups excluding carboxylic acids is 1. The molecule has 1 aromatic carbocycles. The average Bonchev–Trinajstić information content (AvgIpc) is 2.36. The number of nitrogens with two attached hydrogens (primary N) is 1. The summed E-state index contributed by atoms with van der Waals surface area (Å²) in [5, 5.41) is 0. The minimum absolute atomic E-state index is 0.0896. The summed E-state index contributed by atoms with van der Waals surface area (Å²) in [4.78, 5) is 11.7. The van der Waals surface area contributed by atoms with Crippen LogP contribution in [0.3, 0.4) is 0 Å². The van der Waals surface area contributed by atoms with Crippen LogP contribution < -0.4 is 10.5 Å². The normalized spacial score (nSPS) is 13.9. The summed E-state index contributed by atoms with van der Waals surface area (Å²) in [7, 11) is 0. The Bertz CT molecular complexity index is 467. The molecule has 0 fully saturated rings. The molecule has 0 spiro atoms. The van der Waals surface area contributed by atoms with Crippen LogP contribution in [0.4, 0.5) is 0 Å². The van der Waals surface area contributed by atoms with Gasteiger partial charge in [-0.2, -0.15) is 0 Å². The first kappa shape index (κ1) is 16.5. The second kappa shape index (κ2) is 6.75. The Hall–Kier alpha value is -1.55. The standard InChI is InChI=1S/C16H25NO3/c1-6-19-15(18)16(5,17)10-20-13-7-8-14(11(2)3)12(4)9-13/h7-9,11H,6,10,17H2,1-5H3. The van der Waals surface area contributed by atoms with Crippen molar-refractivity contribution < 1.29 is 14.3 Å². The zero-order valence-electron chi connectivity index (χ0n) is 13.0. The highest BCUT2D eigenvalue weighted by Gasteiger charge is 2.31. The summed E-state index contributed by atoms with van der Waals surface area (Å²) >= 11 is 0. The molecule has 1 atom stereocenters. The smallest absolute Gasteiger partial charge is 0.329 e. The van der Waals surface area contributed by atoms with Gasteiger partial charge in [0.1, 0.15) is 17.9 Å². The molecule has 20 heavy (non-hydrogen) atoms. The van der Waals surface area contributed by atoms with Crippen LogP contribution in [0.1, 0.15) is 44.7 Å². The molecule has 0 aliphatic carbocycles. The second-order valence-corrected chi connectivity index (χ2v) is 5.60. The molecule has 0 saturated heterocycles. The molecular weight excluding hydrogens is 254 g/mol. The molecule has 0 heterocycles. The number of aryl methyl sites for hydroxylation is 1. The fourth-order valence-corrected chi connectivity index (χ4v) is 1.97. The van der Waals surface area contributed by atoms with Crippen LogP contribution >= 0.6 is 0 Å². The summed E-state index contributed by atoms with van der Waals surface area (Å²) in [5.41, 5.74) is 7.24. The lowest BCUT2D eigenvalue weighted by atomic mass is 9.98. The number of benzene rings is 1. The molecule has 4 nitrogen and oxygen atoms in total. The van der Waals surface area contributed by atoms with E-state index in [1.165, 1.54) is 11.1 Å². The summed E-state index contributed by atoms with van der Waals surface area (Å²) in [6.07, 6.45) is 0. The first-order valence-electron chi connectivity index (χ1n) is 6.97. The number of rotatable bonds is 6. The third-order valence-corrected chi connectivity index (χ3v) is 3.14. The van der Waals surface area contributed by atoms with Gasteiger partial charge in [-0.05, 0) is 49.9 Å². The summed E-state index contributed by atoms with van der Waals surface area (Å²) in [6, 6.07) is 5.92. The first-order valence-corrected chi connectivity index (χ1v) is 6.97. The van der Waals surface area contributed by atoms with Crippen LogP contribution in [0, 0.1) is 6.92 Å². The largest absolute Gasteiger partial charge is 0.491 e. The van der Waals surface area contributed by atoms with E-state index in [9.17, 15) is 4.79 Å². The van der Waals surface area contributed by atoms with Crippen LogP contribution in [0.25, 0.3) is 0 Å². The first-order chi connectivity index (χ1) is 9.27.